The number of hydrogen-bond donors (Lipinski definition) is 2. The molecule has 2 aromatic carbocycles. The van der Waals surface area contributed by atoms with Gasteiger partial charge < -0.3 is 15.4 Å². The molecule has 0 saturated carbocycles. The van der Waals surface area contributed by atoms with Crippen molar-refractivity contribution in [1.29, 1.82) is 0 Å². The maximum absolute atomic E-state index is 12.8. The van der Waals surface area contributed by atoms with Gasteiger partial charge in [0.2, 0.25) is 0 Å². The van der Waals surface area contributed by atoms with Gasteiger partial charge >= 0.3 is 6.09 Å². The van der Waals surface area contributed by atoms with Gasteiger partial charge in [-0.2, -0.15) is 0 Å². The average molecular weight is 436 g/mol. The summed E-state index contributed by atoms with van der Waals surface area (Å²) in [5.41, 5.74) is 7.97. The van der Waals surface area contributed by atoms with Crippen molar-refractivity contribution in [1.82, 2.24) is 4.90 Å². The molecule has 0 bridgehead atoms. The minimum Gasteiger partial charge on any atom is -0.444 e. The third kappa shape index (κ3) is 7.54. The first kappa shape index (κ1) is 23.5. The van der Waals surface area contributed by atoms with Crippen molar-refractivity contribution < 1.29 is 14.8 Å². The number of benzene rings is 2. The molecule has 1 amide bonds. The number of nitrogens with zero attached hydrogens (tertiary/aromatic N) is 2. The van der Waals surface area contributed by atoms with E-state index in [1.807, 2.05) is 91.8 Å². The summed E-state index contributed by atoms with van der Waals surface area (Å²) < 4.78 is 5.67. The van der Waals surface area contributed by atoms with Gasteiger partial charge in [0, 0.05) is 18.7 Å². The number of quaternary nitrogens is 1. The van der Waals surface area contributed by atoms with Gasteiger partial charge in [-0.25, -0.2) is 4.79 Å². The number of nitrogens with two attached hydrogens (primary N) is 2. The Balaban J connectivity index is 1.67. The number of amides is 1. The summed E-state index contributed by atoms with van der Waals surface area (Å²) in [5, 5.41) is 2.01. The highest BCUT2D eigenvalue weighted by atomic mass is 16.6. The molecule has 1 fully saturated rings. The van der Waals surface area contributed by atoms with E-state index in [1.165, 1.54) is 5.56 Å². The van der Waals surface area contributed by atoms with E-state index in [0.29, 0.717) is 12.4 Å². The van der Waals surface area contributed by atoms with E-state index in [0.717, 1.165) is 24.9 Å². The molecule has 6 nitrogen and oxygen atoms in total. The standard InChI is InChI=1S/C26H34N4O2/c1-26(2,3)32-25(31)30-17-15-22(19-23(30)18-20-10-6-4-7-11-20)29-24(27)14-16-28-21-12-8-5-9-13-21/h4-14,16,22-23,28H,15,17-19H2,1-3H3,(H2,27,29)/p+1/b16-14-. The molecular formula is C26H35N4O2+. The normalized spacial score (nSPS) is 19.8. The smallest absolute Gasteiger partial charge is 0.410 e. The molecule has 0 aliphatic carbocycles. The fourth-order valence-electron chi connectivity index (χ4n) is 3.86. The van der Waals surface area contributed by atoms with Crippen LogP contribution in [0.5, 0.6) is 0 Å². The van der Waals surface area contributed by atoms with Crippen LogP contribution in [0, 0.1) is 0 Å². The van der Waals surface area contributed by atoms with E-state index >= 15 is 0 Å². The Hall–Kier alpha value is -3.12. The Morgan fingerprint density at radius 3 is 2.47 bits per heavy atom. The first-order chi connectivity index (χ1) is 15.3. The second-order valence-corrected chi connectivity index (χ2v) is 9.19. The number of aliphatic imine (C=N–C) groups is 1. The van der Waals surface area contributed by atoms with Crippen LogP contribution in [0.4, 0.5) is 10.5 Å². The molecule has 0 aromatic heterocycles. The van der Waals surface area contributed by atoms with Crippen molar-refractivity contribution in [3.05, 3.63) is 78.5 Å². The predicted molar refractivity (Wildman–Crippen MR) is 129 cm³/mol. The predicted octanol–water partition coefficient (Wildman–Crippen LogP) is 3.76. The summed E-state index contributed by atoms with van der Waals surface area (Å²) >= 11 is 0. The van der Waals surface area contributed by atoms with E-state index in [4.69, 9.17) is 15.5 Å². The zero-order valence-corrected chi connectivity index (χ0v) is 19.3. The molecular weight excluding hydrogens is 400 g/mol. The van der Waals surface area contributed by atoms with Crippen LogP contribution in [-0.2, 0) is 11.2 Å². The van der Waals surface area contributed by atoms with Gasteiger partial charge in [-0.3, -0.25) is 10.3 Å². The molecule has 1 saturated heterocycles. The van der Waals surface area contributed by atoms with Crippen molar-refractivity contribution in [3.63, 3.8) is 0 Å². The number of para-hydroxylation sites is 1. The topological polar surface area (TPSA) is 84.5 Å². The van der Waals surface area contributed by atoms with Crippen LogP contribution < -0.4 is 11.1 Å². The van der Waals surface area contributed by atoms with E-state index in [9.17, 15) is 4.79 Å². The number of carbonyl (C=O) groups excluding carboxylic acids is 1. The fraction of sp³-hybridized carbons (Fsp3) is 0.385. The summed E-state index contributed by atoms with van der Waals surface area (Å²) in [6, 6.07) is 20.4. The first-order valence-corrected chi connectivity index (χ1v) is 11.2. The lowest BCUT2D eigenvalue weighted by Crippen LogP contribution is -2.71. The van der Waals surface area contributed by atoms with Gasteiger partial charge in [0.25, 0.3) is 0 Å². The minimum atomic E-state index is -0.520. The van der Waals surface area contributed by atoms with Crippen molar-refractivity contribution >= 4 is 17.6 Å². The van der Waals surface area contributed by atoms with Gasteiger partial charge in [-0.05, 0) is 57.7 Å². The minimum absolute atomic E-state index is 0.0161. The largest absolute Gasteiger partial charge is 0.444 e. The van der Waals surface area contributed by atoms with Gasteiger partial charge in [-0.1, -0.05) is 48.5 Å². The Labute approximate surface area is 191 Å². The molecule has 4 N–H and O–H groups in total. The molecule has 1 aliphatic rings. The van der Waals surface area contributed by atoms with Crippen molar-refractivity contribution in [2.24, 2.45) is 10.7 Å². The van der Waals surface area contributed by atoms with Crippen LogP contribution in [0.15, 0.2) is 77.9 Å². The number of likely N-dealkylation sites (tertiary alicyclic amines) is 1. The molecule has 2 aromatic rings. The van der Waals surface area contributed by atoms with Gasteiger partial charge in [0.15, 0.2) is 0 Å². The molecule has 1 aliphatic heterocycles. The van der Waals surface area contributed by atoms with Crippen LogP contribution in [0.25, 0.3) is 0 Å². The maximum atomic E-state index is 12.8. The van der Waals surface area contributed by atoms with E-state index in [1.54, 1.807) is 0 Å². The highest BCUT2D eigenvalue weighted by Gasteiger charge is 2.34. The lowest BCUT2D eigenvalue weighted by molar-refractivity contribution is -0.496. The van der Waals surface area contributed by atoms with Crippen LogP contribution in [-0.4, -0.2) is 41.1 Å². The number of amidine groups is 1. The second kappa shape index (κ2) is 11.0. The zero-order valence-electron chi connectivity index (χ0n) is 19.3. The van der Waals surface area contributed by atoms with Crippen LogP contribution in [0.2, 0.25) is 0 Å². The third-order valence-electron chi connectivity index (χ3n) is 5.32. The maximum Gasteiger partial charge on any atom is 0.410 e. The Bertz CT molecular complexity index is 920. The number of rotatable bonds is 6. The summed E-state index contributed by atoms with van der Waals surface area (Å²) in [4.78, 5) is 19.4. The molecule has 3 rings (SSSR count). The SMILES string of the molecule is CC(C)(C)OC(=O)N1CCC(N=C(N)/C=C\[NH2+]c2ccccc2)CC1Cc1ccccc1. The third-order valence-corrected chi connectivity index (χ3v) is 5.32. The molecule has 6 heteroatoms. The van der Waals surface area contributed by atoms with Crippen LogP contribution in [0.3, 0.4) is 0 Å². The Morgan fingerprint density at radius 1 is 1.16 bits per heavy atom. The summed E-state index contributed by atoms with van der Waals surface area (Å²) in [6.45, 7) is 6.29. The molecule has 2 unspecified atom stereocenters. The average Bonchev–Trinajstić information content (AvgIpc) is 2.74. The van der Waals surface area contributed by atoms with Crippen LogP contribution >= 0.6 is 0 Å². The monoisotopic (exact) mass is 435 g/mol. The van der Waals surface area contributed by atoms with Crippen LogP contribution in [0.1, 0.15) is 39.2 Å². The highest BCUT2D eigenvalue weighted by molar-refractivity contribution is 5.91. The lowest BCUT2D eigenvalue weighted by Gasteiger charge is -2.39. The van der Waals surface area contributed by atoms with Gasteiger partial charge in [0.1, 0.15) is 23.3 Å². The summed E-state index contributed by atoms with van der Waals surface area (Å²) in [6.07, 6.45) is 5.78. The second-order valence-electron chi connectivity index (χ2n) is 9.19. The number of hydrogen-bond acceptors (Lipinski definition) is 3. The van der Waals surface area contributed by atoms with E-state index in [-0.39, 0.29) is 18.2 Å². The summed E-state index contributed by atoms with van der Waals surface area (Å²) in [7, 11) is 0. The Morgan fingerprint density at radius 2 is 1.81 bits per heavy atom. The van der Waals surface area contributed by atoms with Crippen molar-refractivity contribution in [2.45, 2.75) is 57.7 Å². The molecule has 0 radical (unpaired) electrons. The number of piperidine rings is 1. The van der Waals surface area contributed by atoms with Gasteiger partial charge in [0.05, 0.1) is 6.04 Å². The zero-order chi connectivity index (χ0) is 23.0. The van der Waals surface area contributed by atoms with Crippen molar-refractivity contribution in [2.75, 3.05) is 6.54 Å². The highest BCUT2D eigenvalue weighted by Crippen LogP contribution is 2.25. The lowest BCUT2D eigenvalue weighted by atomic mass is 9.92. The Kier molecular flexibility index (Phi) is 8.06. The molecule has 1 heterocycles. The fourth-order valence-corrected chi connectivity index (χ4v) is 3.86. The molecule has 2 atom stereocenters. The number of ether oxygens (including phenoxy) is 1. The van der Waals surface area contributed by atoms with Gasteiger partial charge in [-0.15, -0.1) is 0 Å². The molecule has 32 heavy (non-hydrogen) atoms. The number of carbonyl (C=O) groups is 1. The first-order valence-electron chi connectivity index (χ1n) is 11.2. The molecule has 0 spiro atoms. The quantitative estimate of drug-likeness (QED) is 0.412. The summed E-state index contributed by atoms with van der Waals surface area (Å²) in [5.74, 6) is 0.506. The molecule has 170 valence electrons. The van der Waals surface area contributed by atoms with E-state index < -0.39 is 5.60 Å². The van der Waals surface area contributed by atoms with E-state index in [2.05, 4.69) is 12.1 Å². The van der Waals surface area contributed by atoms with Crippen molar-refractivity contribution in [3.8, 4) is 0 Å².